The number of carbonyl (C=O) groups is 1. The van der Waals surface area contributed by atoms with Crippen molar-refractivity contribution in [1.29, 1.82) is 0 Å². The molecule has 0 aliphatic carbocycles. The molecule has 0 radical (unpaired) electrons. The zero-order valence-electron chi connectivity index (χ0n) is 8.04. The number of amides is 1. The molecule has 1 aromatic rings. The molecule has 5 nitrogen and oxygen atoms in total. The summed E-state index contributed by atoms with van der Waals surface area (Å²) < 4.78 is 5.40. The monoisotopic (exact) mass is 195 g/mol. The quantitative estimate of drug-likeness (QED) is 0.737. The van der Waals surface area contributed by atoms with Crippen LogP contribution < -0.4 is 5.32 Å². The summed E-state index contributed by atoms with van der Waals surface area (Å²) in [6.45, 7) is 2.47. The SMILES string of the molecule is CC1(C(=O)Nc2ccn[nH]2)CCCO1. The molecule has 1 aromatic heterocycles. The van der Waals surface area contributed by atoms with Crippen molar-refractivity contribution in [3.63, 3.8) is 0 Å². The van der Waals surface area contributed by atoms with E-state index in [1.807, 2.05) is 6.92 Å². The second kappa shape index (κ2) is 3.42. The Hall–Kier alpha value is -1.36. The third-order valence-electron chi connectivity index (χ3n) is 2.45. The van der Waals surface area contributed by atoms with Crippen LogP contribution in [0.4, 0.5) is 5.82 Å². The minimum atomic E-state index is -0.675. The van der Waals surface area contributed by atoms with Gasteiger partial charge in [-0.1, -0.05) is 0 Å². The number of nitrogens with zero attached hydrogens (tertiary/aromatic N) is 1. The van der Waals surface area contributed by atoms with Gasteiger partial charge in [-0.15, -0.1) is 0 Å². The second-order valence-electron chi connectivity index (χ2n) is 3.61. The fraction of sp³-hybridized carbons (Fsp3) is 0.556. The molecule has 1 aliphatic rings. The highest BCUT2D eigenvalue weighted by Crippen LogP contribution is 2.26. The van der Waals surface area contributed by atoms with Crippen molar-refractivity contribution in [1.82, 2.24) is 10.2 Å². The van der Waals surface area contributed by atoms with Gasteiger partial charge >= 0.3 is 0 Å². The van der Waals surface area contributed by atoms with Crippen molar-refractivity contribution in [3.8, 4) is 0 Å². The molecular weight excluding hydrogens is 182 g/mol. The first-order chi connectivity index (χ1) is 6.71. The summed E-state index contributed by atoms with van der Waals surface area (Å²) in [5, 5.41) is 9.14. The Kier molecular flexibility index (Phi) is 2.25. The van der Waals surface area contributed by atoms with Crippen LogP contribution in [0.1, 0.15) is 19.8 Å². The van der Waals surface area contributed by atoms with E-state index in [4.69, 9.17) is 4.74 Å². The predicted octanol–water partition coefficient (Wildman–Crippen LogP) is 0.917. The lowest BCUT2D eigenvalue weighted by atomic mass is 10.0. The predicted molar refractivity (Wildman–Crippen MR) is 50.8 cm³/mol. The molecule has 76 valence electrons. The first kappa shape index (κ1) is 9.21. The molecule has 0 saturated carbocycles. The van der Waals surface area contributed by atoms with E-state index in [1.165, 1.54) is 0 Å². The molecular formula is C9H13N3O2. The molecule has 1 fully saturated rings. The van der Waals surface area contributed by atoms with Gasteiger partial charge in [0.25, 0.3) is 5.91 Å². The number of aromatic amines is 1. The number of aromatic nitrogens is 2. The number of hydrogen-bond donors (Lipinski definition) is 2. The molecule has 14 heavy (non-hydrogen) atoms. The van der Waals surface area contributed by atoms with Gasteiger partial charge in [0.15, 0.2) is 0 Å². The Morgan fingerprint density at radius 3 is 3.21 bits per heavy atom. The van der Waals surface area contributed by atoms with Crippen molar-refractivity contribution >= 4 is 11.7 Å². The van der Waals surface area contributed by atoms with Crippen LogP contribution in [-0.2, 0) is 9.53 Å². The molecule has 1 aliphatic heterocycles. The average molecular weight is 195 g/mol. The summed E-state index contributed by atoms with van der Waals surface area (Å²) in [5.41, 5.74) is -0.675. The average Bonchev–Trinajstić information content (AvgIpc) is 2.76. The van der Waals surface area contributed by atoms with Gasteiger partial charge in [-0.2, -0.15) is 5.10 Å². The molecule has 1 amide bonds. The molecule has 2 heterocycles. The van der Waals surface area contributed by atoms with Gasteiger partial charge in [-0.05, 0) is 19.8 Å². The van der Waals surface area contributed by atoms with Crippen molar-refractivity contribution in [2.24, 2.45) is 0 Å². The molecule has 0 bridgehead atoms. The van der Waals surface area contributed by atoms with Crippen molar-refractivity contribution in [2.45, 2.75) is 25.4 Å². The van der Waals surface area contributed by atoms with E-state index in [0.717, 1.165) is 12.8 Å². The normalized spacial score (nSPS) is 26.4. The van der Waals surface area contributed by atoms with Gasteiger partial charge in [-0.3, -0.25) is 9.89 Å². The van der Waals surface area contributed by atoms with Crippen LogP contribution in [0.2, 0.25) is 0 Å². The Morgan fingerprint density at radius 1 is 1.79 bits per heavy atom. The summed E-state index contributed by atoms with van der Waals surface area (Å²) in [6, 6.07) is 1.70. The standard InChI is InChI=1S/C9H13N3O2/c1-9(4-2-6-14-9)8(13)11-7-3-5-10-12-7/h3,5H,2,4,6H2,1H3,(H2,10,11,12,13). The van der Waals surface area contributed by atoms with E-state index >= 15 is 0 Å². The fourth-order valence-electron chi connectivity index (χ4n) is 1.54. The molecule has 5 heteroatoms. The number of anilines is 1. The van der Waals surface area contributed by atoms with Crippen LogP contribution in [-0.4, -0.2) is 28.3 Å². The third kappa shape index (κ3) is 1.63. The van der Waals surface area contributed by atoms with E-state index in [9.17, 15) is 4.79 Å². The van der Waals surface area contributed by atoms with Gasteiger partial charge in [0.2, 0.25) is 0 Å². The van der Waals surface area contributed by atoms with Crippen LogP contribution in [0, 0.1) is 0 Å². The Balaban J connectivity index is 2.02. The maximum Gasteiger partial charge on any atom is 0.257 e. The zero-order valence-corrected chi connectivity index (χ0v) is 8.04. The van der Waals surface area contributed by atoms with Crippen molar-refractivity contribution in [2.75, 3.05) is 11.9 Å². The molecule has 0 aromatic carbocycles. The molecule has 2 rings (SSSR count). The summed E-state index contributed by atoms with van der Waals surface area (Å²) in [5.74, 6) is 0.492. The highest BCUT2D eigenvalue weighted by Gasteiger charge is 2.37. The third-order valence-corrected chi connectivity index (χ3v) is 2.45. The highest BCUT2D eigenvalue weighted by atomic mass is 16.5. The van der Waals surface area contributed by atoms with Crippen LogP contribution in [0.25, 0.3) is 0 Å². The van der Waals surface area contributed by atoms with Crippen molar-refractivity contribution in [3.05, 3.63) is 12.3 Å². The van der Waals surface area contributed by atoms with Crippen LogP contribution in [0.15, 0.2) is 12.3 Å². The fourth-order valence-corrected chi connectivity index (χ4v) is 1.54. The maximum absolute atomic E-state index is 11.8. The molecule has 1 saturated heterocycles. The van der Waals surface area contributed by atoms with Crippen LogP contribution in [0.3, 0.4) is 0 Å². The molecule has 2 N–H and O–H groups in total. The maximum atomic E-state index is 11.8. The number of H-pyrrole nitrogens is 1. The summed E-state index contributed by atoms with van der Waals surface area (Å²) in [7, 11) is 0. The van der Waals surface area contributed by atoms with Gasteiger partial charge in [-0.25, -0.2) is 0 Å². The molecule has 0 spiro atoms. The summed E-state index contributed by atoms with van der Waals surface area (Å²) in [4.78, 5) is 11.8. The lowest BCUT2D eigenvalue weighted by Gasteiger charge is -2.21. The summed E-state index contributed by atoms with van der Waals surface area (Å²) >= 11 is 0. The van der Waals surface area contributed by atoms with E-state index in [-0.39, 0.29) is 5.91 Å². The number of ether oxygens (including phenoxy) is 1. The number of hydrogen-bond acceptors (Lipinski definition) is 3. The van der Waals surface area contributed by atoms with Crippen LogP contribution >= 0.6 is 0 Å². The first-order valence-corrected chi connectivity index (χ1v) is 4.65. The molecule has 1 atom stereocenters. The van der Waals surface area contributed by atoms with Gasteiger partial charge in [0.1, 0.15) is 11.4 Å². The number of nitrogens with one attached hydrogen (secondary N) is 2. The number of rotatable bonds is 2. The second-order valence-corrected chi connectivity index (χ2v) is 3.61. The van der Waals surface area contributed by atoms with E-state index in [0.29, 0.717) is 12.4 Å². The first-order valence-electron chi connectivity index (χ1n) is 4.65. The lowest BCUT2D eigenvalue weighted by molar-refractivity contribution is -0.133. The topological polar surface area (TPSA) is 67.0 Å². The Labute approximate surface area is 81.8 Å². The zero-order chi connectivity index (χ0) is 10.0. The largest absolute Gasteiger partial charge is 0.365 e. The highest BCUT2D eigenvalue weighted by molar-refractivity contribution is 5.96. The summed E-state index contributed by atoms with van der Waals surface area (Å²) in [6.07, 6.45) is 3.30. The van der Waals surface area contributed by atoms with E-state index in [2.05, 4.69) is 15.5 Å². The number of carbonyl (C=O) groups excluding carboxylic acids is 1. The lowest BCUT2D eigenvalue weighted by Crippen LogP contribution is -2.39. The Morgan fingerprint density at radius 2 is 2.64 bits per heavy atom. The van der Waals surface area contributed by atoms with Gasteiger partial charge in [0.05, 0.1) is 6.20 Å². The van der Waals surface area contributed by atoms with Crippen LogP contribution in [0.5, 0.6) is 0 Å². The van der Waals surface area contributed by atoms with Gasteiger partial charge in [0, 0.05) is 12.7 Å². The van der Waals surface area contributed by atoms with Crippen molar-refractivity contribution < 1.29 is 9.53 Å². The van der Waals surface area contributed by atoms with E-state index in [1.54, 1.807) is 12.3 Å². The minimum Gasteiger partial charge on any atom is -0.365 e. The molecule has 1 unspecified atom stereocenters. The Bertz CT molecular complexity index is 315. The van der Waals surface area contributed by atoms with Gasteiger partial charge < -0.3 is 10.1 Å². The smallest absolute Gasteiger partial charge is 0.257 e. The van der Waals surface area contributed by atoms with E-state index < -0.39 is 5.60 Å². The minimum absolute atomic E-state index is 0.112.